The van der Waals surface area contributed by atoms with Gasteiger partial charge < -0.3 is 10.8 Å². The van der Waals surface area contributed by atoms with Crippen molar-refractivity contribution in [2.24, 2.45) is 5.73 Å². The summed E-state index contributed by atoms with van der Waals surface area (Å²) >= 11 is 0. The molecule has 3 N–H and O–H groups in total. The van der Waals surface area contributed by atoms with Crippen molar-refractivity contribution < 1.29 is 9.90 Å². The molecule has 62 valence electrons. The van der Waals surface area contributed by atoms with E-state index in [0.717, 1.165) is 12.8 Å². The molecule has 0 heterocycles. The summed E-state index contributed by atoms with van der Waals surface area (Å²) in [6.45, 7) is -0.278. The van der Waals surface area contributed by atoms with Gasteiger partial charge in [-0.25, -0.2) is 0 Å². The first kappa shape index (κ1) is 9.91. The highest BCUT2D eigenvalue weighted by Crippen LogP contribution is 1.97. The summed E-state index contributed by atoms with van der Waals surface area (Å²) in [6.07, 6.45) is 11.0. The minimum atomic E-state index is -0.968. The lowest BCUT2D eigenvalue weighted by molar-refractivity contribution is -0.135. The van der Waals surface area contributed by atoms with Gasteiger partial charge in [-0.15, -0.1) is 0 Å². The smallest absolute Gasteiger partial charge is 0.317 e. The number of allylic oxidation sites excluding steroid dienone is 4. The summed E-state index contributed by atoms with van der Waals surface area (Å²) in [6, 6.07) is 0. The summed E-state index contributed by atoms with van der Waals surface area (Å²) < 4.78 is 0. The first-order chi connectivity index (χ1) is 5.27. The van der Waals surface area contributed by atoms with Crippen molar-refractivity contribution in [3.8, 4) is 0 Å². The van der Waals surface area contributed by atoms with Gasteiger partial charge in [0.25, 0.3) is 0 Å². The van der Waals surface area contributed by atoms with Crippen LogP contribution < -0.4 is 5.73 Å². The molecule has 0 aliphatic heterocycles. The lowest BCUT2D eigenvalue weighted by Gasteiger charge is -1.87. The Balaban J connectivity index is 0.000000187. The van der Waals surface area contributed by atoms with Gasteiger partial charge in [0.1, 0.15) is 0 Å². The second-order valence-electron chi connectivity index (χ2n) is 2.01. The summed E-state index contributed by atoms with van der Waals surface area (Å²) in [5.41, 5.74) is 4.57. The van der Waals surface area contributed by atoms with Crippen LogP contribution in [0.3, 0.4) is 0 Å². The fourth-order valence-corrected chi connectivity index (χ4v) is 0.542. The Morgan fingerprint density at radius 2 is 1.55 bits per heavy atom. The fourth-order valence-electron chi connectivity index (χ4n) is 0.542. The Morgan fingerprint density at radius 1 is 1.27 bits per heavy atom. The normalized spacial score (nSPS) is 13.5. The number of rotatable bonds is 1. The number of carbonyl (C=O) groups is 1. The Bertz CT molecular complexity index is 141. The minimum absolute atomic E-state index is 0.278. The molecule has 0 fully saturated rings. The van der Waals surface area contributed by atoms with Gasteiger partial charge in [0.15, 0.2) is 0 Å². The van der Waals surface area contributed by atoms with Crippen LogP contribution in [0, 0.1) is 0 Å². The van der Waals surface area contributed by atoms with Crippen LogP contribution >= 0.6 is 0 Å². The molecular formula is C8H13NO2. The third-order valence-electron chi connectivity index (χ3n) is 1.05. The van der Waals surface area contributed by atoms with Crippen LogP contribution in [0.25, 0.3) is 0 Å². The zero-order valence-electron chi connectivity index (χ0n) is 6.36. The Hall–Kier alpha value is -1.09. The Labute approximate surface area is 66.2 Å². The number of aliphatic carboxylic acids is 1. The van der Waals surface area contributed by atoms with Crippen molar-refractivity contribution in [3.05, 3.63) is 24.3 Å². The van der Waals surface area contributed by atoms with Crippen LogP contribution in [-0.4, -0.2) is 17.6 Å². The average Bonchev–Trinajstić information content (AvgIpc) is 2.09. The number of nitrogens with two attached hydrogens (primary N) is 1. The zero-order chi connectivity index (χ0) is 8.53. The third kappa shape index (κ3) is 8.91. The van der Waals surface area contributed by atoms with Crippen molar-refractivity contribution in [3.63, 3.8) is 0 Å². The van der Waals surface area contributed by atoms with E-state index in [9.17, 15) is 4.79 Å². The van der Waals surface area contributed by atoms with Crippen LogP contribution in [0.15, 0.2) is 24.3 Å². The molecule has 0 bridgehead atoms. The van der Waals surface area contributed by atoms with Gasteiger partial charge in [-0.2, -0.15) is 0 Å². The van der Waals surface area contributed by atoms with E-state index in [1.807, 2.05) is 0 Å². The fraction of sp³-hybridized carbons (Fsp3) is 0.375. The molecule has 11 heavy (non-hydrogen) atoms. The van der Waals surface area contributed by atoms with E-state index in [4.69, 9.17) is 5.11 Å². The molecule has 0 saturated carbocycles. The predicted octanol–water partition coefficient (Wildman–Crippen LogP) is 0.922. The largest absolute Gasteiger partial charge is 0.480 e. The Kier molecular flexibility index (Phi) is 6.33. The van der Waals surface area contributed by atoms with Crippen LogP contribution in [0.5, 0.6) is 0 Å². The van der Waals surface area contributed by atoms with Gasteiger partial charge in [-0.3, -0.25) is 4.79 Å². The minimum Gasteiger partial charge on any atom is -0.480 e. The van der Waals surface area contributed by atoms with Gasteiger partial charge in [0.2, 0.25) is 0 Å². The standard InChI is InChI=1S/C6H8.C2H5NO2/c1-2-4-6-5-3-1;3-1-2(4)5/h1-2,5-6H,3-4H2;1,3H2,(H,4,5). The topological polar surface area (TPSA) is 63.3 Å². The molecule has 0 atom stereocenters. The molecule has 0 spiro atoms. The van der Waals surface area contributed by atoms with Crippen molar-refractivity contribution in [1.82, 2.24) is 0 Å². The molecule has 1 rings (SSSR count). The zero-order valence-corrected chi connectivity index (χ0v) is 6.36. The number of hydrogen-bond donors (Lipinski definition) is 2. The highest BCUT2D eigenvalue weighted by molar-refractivity contribution is 5.68. The average molecular weight is 155 g/mol. The van der Waals surface area contributed by atoms with Crippen LogP contribution in [0.2, 0.25) is 0 Å². The van der Waals surface area contributed by atoms with Crippen LogP contribution in [-0.2, 0) is 4.79 Å². The molecule has 0 amide bonds. The number of carboxylic acids is 1. The van der Waals surface area contributed by atoms with Gasteiger partial charge in [0, 0.05) is 0 Å². The molecular weight excluding hydrogens is 142 g/mol. The maximum absolute atomic E-state index is 9.24. The molecule has 3 nitrogen and oxygen atoms in total. The molecule has 0 aromatic heterocycles. The van der Waals surface area contributed by atoms with Crippen molar-refractivity contribution in [2.75, 3.05) is 6.54 Å². The van der Waals surface area contributed by atoms with E-state index in [2.05, 4.69) is 30.0 Å². The molecule has 0 radical (unpaired) electrons. The quantitative estimate of drug-likeness (QED) is 0.553. The first-order valence-electron chi connectivity index (χ1n) is 3.49. The molecule has 0 aromatic rings. The van der Waals surface area contributed by atoms with E-state index >= 15 is 0 Å². The van der Waals surface area contributed by atoms with Gasteiger partial charge >= 0.3 is 5.97 Å². The monoisotopic (exact) mass is 155 g/mol. The number of carboxylic acid groups (broad SMARTS) is 1. The second-order valence-corrected chi connectivity index (χ2v) is 2.01. The molecule has 1 aliphatic carbocycles. The van der Waals surface area contributed by atoms with E-state index in [0.29, 0.717) is 0 Å². The van der Waals surface area contributed by atoms with Crippen LogP contribution in [0.1, 0.15) is 12.8 Å². The lowest BCUT2D eigenvalue weighted by atomic mass is 10.2. The van der Waals surface area contributed by atoms with Gasteiger partial charge in [-0.1, -0.05) is 24.3 Å². The highest BCUT2D eigenvalue weighted by Gasteiger charge is 1.81. The predicted molar refractivity (Wildman–Crippen MR) is 44.2 cm³/mol. The maximum Gasteiger partial charge on any atom is 0.317 e. The Morgan fingerprint density at radius 3 is 1.64 bits per heavy atom. The molecule has 0 saturated heterocycles. The van der Waals surface area contributed by atoms with E-state index in [-0.39, 0.29) is 6.54 Å². The van der Waals surface area contributed by atoms with E-state index < -0.39 is 5.97 Å². The molecule has 1 aliphatic rings. The van der Waals surface area contributed by atoms with Crippen molar-refractivity contribution >= 4 is 5.97 Å². The van der Waals surface area contributed by atoms with Crippen LogP contribution in [0.4, 0.5) is 0 Å². The molecule has 3 heteroatoms. The highest BCUT2D eigenvalue weighted by atomic mass is 16.4. The van der Waals surface area contributed by atoms with Gasteiger partial charge in [0.05, 0.1) is 6.54 Å². The van der Waals surface area contributed by atoms with Gasteiger partial charge in [-0.05, 0) is 12.8 Å². The molecule has 0 unspecified atom stereocenters. The first-order valence-corrected chi connectivity index (χ1v) is 3.49. The summed E-state index contributed by atoms with van der Waals surface area (Å²) in [5, 5.41) is 7.60. The van der Waals surface area contributed by atoms with Crippen molar-refractivity contribution in [1.29, 1.82) is 0 Å². The third-order valence-corrected chi connectivity index (χ3v) is 1.05. The number of hydrogen-bond acceptors (Lipinski definition) is 2. The SMILES string of the molecule is C1=CCC=CC1.NCC(=O)O. The van der Waals surface area contributed by atoms with E-state index in [1.165, 1.54) is 0 Å². The molecule has 0 aromatic carbocycles. The summed E-state index contributed by atoms with van der Waals surface area (Å²) in [5.74, 6) is -0.968. The second kappa shape index (κ2) is 7.02. The van der Waals surface area contributed by atoms with E-state index in [1.54, 1.807) is 0 Å². The summed E-state index contributed by atoms with van der Waals surface area (Å²) in [7, 11) is 0. The lowest BCUT2D eigenvalue weighted by Crippen LogP contribution is -2.10. The summed E-state index contributed by atoms with van der Waals surface area (Å²) in [4.78, 5) is 9.24. The van der Waals surface area contributed by atoms with Crippen molar-refractivity contribution in [2.45, 2.75) is 12.8 Å². The maximum atomic E-state index is 9.24.